The average Bonchev–Trinajstić information content (AvgIpc) is 2.35. The minimum Gasteiger partial charge on any atom is -0.497 e. The first-order valence-corrected chi connectivity index (χ1v) is 5.44. The van der Waals surface area contributed by atoms with Crippen LogP contribution in [-0.2, 0) is 11.2 Å². The fourth-order valence-electron chi connectivity index (χ4n) is 1.36. The Labute approximate surface area is 101 Å². The Morgan fingerprint density at radius 3 is 2.65 bits per heavy atom. The number of ether oxygens (including phenoxy) is 1. The summed E-state index contributed by atoms with van der Waals surface area (Å²) in [6.45, 7) is 0.863. The molecule has 0 aromatic heterocycles. The summed E-state index contributed by atoms with van der Waals surface area (Å²) in [5, 5.41) is 12.1. The molecule has 0 bridgehead atoms. The van der Waals surface area contributed by atoms with Crippen molar-refractivity contribution in [1.29, 1.82) is 0 Å². The molecule has 0 heterocycles. The Balaban J connectivity index is 2.24. The van der Waals surface area contributed by atoms with Gasteiger partial charge >= 0.3 is 0 Å². The van der Waals surface area contributed by atoms with Gasteiger partial charge in [0.25, 0.3) is 0 Å². The number of hydrogen-bond acceptors (Lipinski definition) is 4. The molecule has 1 rings (SSSR count). The SMILES string of the molecule is COc1ccc(CCNCC(O)C(N)=O)cc1. The van der Waals surface area contributed by atoms with E-state index in [1.54, 1.807) is 7.11 Å². The molecule has 1 aromatic carbocycles. The maximum Gasteiger partial charge on any atom is 0.247 e. The van der Waals surface area contributed by atoms with Gasteiger partial charge in [0, 0.05) is 6.54 Å². The third-order valence-corrected chi connectivity index (χ3v) is 2.42. The molecule has 1 amide bonds. The van der Waals surface area contributed by atoms with Crippen LogP contribution in [0, 0.1) is 0 Å². The van der Waals surface area contributed by atoms with E-state index in [0.717, 1.165) is 17.7 Å². The zero-order valence-corrected chi connectivity index (χ0v) is 9.85. The van der Waals surface area contributed by atoms with Crippen molar-refractivity contribution in [2.75, 3.05) is 20.2 Å². The highest BCUT2D eigenvalue weighted by Gasteiger charge is 2.08. The quantitative estimate of drug-likeness (QED) is 0.568. The van der Waals surface area contributed by atoms with Gasteiger partial charge in [-0.3, -0.25) is 4.79 Å². The molecule has 0 aliphatic carbocycles. The monoisotopic (exact) mass is 238 g/mol. The molecule has 4 N–H and O–H groups in total. The maximum absolute atomic E-state index is 10.6. The molecule has 1 unspecified atom stereocenters. The minimum absolute atomic E-state index is 0.186. The van der Waals surface area contributed by atoms with E-state index in [9.17, 15) is 4.79 Å². The number of aliphatic hydroxyl groups excluding tert-OH is 1. The summed E-state index contributed by atoms with van der Waals surface area (Å²) in [7, 11) is 1.63. The number of methoxy groups -OCH3 is 1. The van der Waals surface area contributed by atoms with Gasteiger partial charge in [-0.15, -0.1) is 0 Å². The van der Waals surface area contributed by atoms with Crippen molar-refractivity contribution in [1.82, 2.24) is 5.32 Å². The van der Waals surface area contributed by atoms with E-state index in [4.69, 9.17) is 15.6 Å². The zero-order valence-electron chi connectivity index (χ0n) is 9.85. The van der Waals surface area contributed by atoms with Crippen LogP contribution in [0.4, 0.5) is 0 Å². The number of carbonyl (C=O) groups excluding carboxylic acids is 1. The van der Waals surface area contributed by atoms with Gasteiger partial charge in [0.05, 0.1) is 7.11 Å². The van der Waals surface area contributed by atoms with Crippen LogP contribution in [0.5, 0.6) is 5.75 Å². The first-order valence-electron chi connectivity index (χ1n) is 5.44. The Morgan fingerprint density at radius 2 is 2.12 bits per heavy atom. The number of aliphatic hydroxyl groups is 1. The van der Waals surface area contributed by atoms with Crippen LogP contribution in [0.3, 0.4) is 0 Å². The fraction of sp³-hybridized carbons (Fsp3) is 0.417. The number of hydrogen-bond donors (Lipinski definition) is 3. The van der Waals surface area contributed by atoms with Crippen LogP contribution in [0.2, 0.25) is 0 Å². The van der Waals surface area contributed by atoms with E-state index >= 15 is 0 Å². The Morgan fingerprint density at radius 1 is 1.47 bits per heavy atom. The van der Waals surface area contributed by atoms with Crippen LogP contribution < -0.4 is 15.8 Å². The summed E-state index contributed by atoms with van der Waals surface area (Å²) in [5.41, 5.74) is 6.08. The normalized spacial score (nSPS) is 12.1. The lowest BCUT2D eigenvalue weighted by molar-refractivity contribution is -0.125. The predicted octanol–water partition coefficient (Wildman–Crippen LogP) is -0.326. The van der Waals surface area contributed by atoms with Gasteiger partial charge in [0.15, 0.2) is 0 Å². The number of nitrogens with one attached hydrogen (secondary N) is 1. The summed E-state index contributed by atoms with van der Waals surface area (Å²) < 4.78 is 5.05. The zero-order chi connectivity index (χ0) is 12.7. The number of benzene rings is 1. The molecule has 0 saturated heterocycles. The lowest BCUT2D eigenvalue weighted by atomic mass is 10.1. The summed E-state index contributed by atoms with van der Waals surface area (Å²) >= 11 is 0. The predicted molar refractivity (Wildman–Crippen MR) is 64.8 cm³/mol. The van der Waals surface area contributed by atoms with Gasteiger partial charge in [-0.25, -0.2) is 0 Å². The molecule has 1 aromatic rings. The molecule has 94 valence electrons. The van der Waals surface area contributed by atoms with Crippen molar-refractivity contribution in [3.8, 4) is 5.75 Å². The summed E-state index contributed by atoms with van der Waals surface area (Å²) in [5.74, 6) is 0.118. The van der Waals surface area contributed by atoms with Gasteiger partial charge in [0.1, 0.15) is 11.9 Å². The molecular formula is C12H18N2O3. The molecule has 0 saturated carbocycles. The van der Waals surface area contributed by atoms with Gasteiger partial charge in [-0.05, 0) is 30.7 Å². The standard InChI is InChI=1S/C12H18N2O3/c1-17-10-4-2-9(3-5-10)6-7-14-8-11(15)12(13)16/h2-5,11,14-15H,6-8H2,1H3,(H2,13,16). The van der Waals surface area contributed by atoms with Crippen molar-refractivity contribution in [3.05, 3.63) is 29.8 Å². The molecule has 5 heteroatoms. The first-order chi connectivity index (χ1) is 8.13. The molecule has 17 heavy (non-hydrogen) atoms. The van der Waals surface area contributed by atoms with Crippen LogP contribution in [0.25, 0.3) is 0 Å². The van der Waals surface area contributed by atoms with Gasteiger partial charge in [0.2, 0.25) is 5.91 Å². The number of rotatable bonds is 7. The van der Waals surface area contributed by atoms with Crippen LogP contribution in [0.15, 0.2) is 24.3 Å². The van der Waals surface area contributed by atoms with Crippen molar-refractivity contribution in [2.24, 2.45) is 5.73 Å². The fourth-order valence-corrected chi connectivity index (χ4v) is 1.36. The highest BCUT2D eigenvalue weighted by Crippen LogP contribution is 2.11. The Bertz CT molecular complexity index is 351. The average molecular weight is 238 g/mol. The second kappa shape index (κ2) is 6.88. The molecule has 5 nitrogen and oxygen atoms in total. The highest BCUT2D eigenvalue weighted by molar-refractivity contribution is 5.78. The van der Waals surface area contributed by atoms with E-state index in [-0.39, 0.29) is 6.54 Å². The van der Waals surface area contributed by atoms with E-state index in [0.29, 0.717) is 6.54 Å². The van der Waals surface area contributed by atoms with Gasteiger partial charge in [-0.1, -0.05) is 12.1 Å². The third kappa shape index (κ3) is 4.84. The van der Waals surface area contributed by atoms with Crippen molar-refractivity contribution >= 4 is 5.91 Å². The maximum atomic E-state index is 10.6. The smallest absolute Gasteiger partial charge is 0.247 e. The van der Waals surface area contributed by atoms with Crippen molar-refractivity contribution in [3.63, 3.8) is 0 Å². The Kier molecular flexibility index (Phi) is 5.45. The minimum atomic E-state index is -1.12. The van der Waals surface area contributed by atoms with Crippen LogP contribution in [-0.4, -0.2) is 37.3 Å². The van der Waals surface area contributed by atoms with Gasteiger partial charge < -0.3 is 20.9 Å². The second-order valence-electron chi connectivity index (χ2n) is 3.72. The van der Waals surface area contributed by atoms with Crippen LogP contribution in [0.1, 0.15) is 5.56 Å². The number of primary amides is 1. The molecule has 0 spiro atoms. The lowest BCUT2D eigenvalue weighted by Crippen LogP contribution is -2.38. The van der Waals surface area contributed by atoms with E-state index in [1.807, 2.05) is 24.3 Å². The molecule has 0 radical (unpaired) electrons. The number of nitrogens with two attached hydrogens (primary N) is 1. The third-order valence-electron chi connectivity index (χ3n) is 2.42. The number of carbonyl (C=O) groups is 1. The first kappa shape index (κ1) is 13.5. The highest BCUT2D eigenvalue weighted by atomic mass is 16.5. The Hall–Kier alpha value is -1.59. The lowest BCUT2D eigenvalue weighted by Gasteiger charge is -2.08. The van der Waals surface area contributed by atoms with Crippen LogP contribution >= 0.6 is 0 Å². The number of amides is 1. The van der Waals surface area contributed by atoms with Crippen molar-refractivity contribution in [2.45, 2.75) is 12.5 Å². The largest absolute Gasteiger partial charge is 0.497 e. The van der Waals surface area contributed by atoms with E-state index in [2.05, 4.69) is 5.32 Å². The summed E-state index contributed by atoms with van der Waals surface area (Å²) in [4.78, 5) is 10.6. The van der Waals surface area contributed by atoms with E-state index < -0.39 is 12.0 Å². The molecular weight excluding hydrogens is 220 g/mol. The summed E-state index contributed by atoms with van der Waals surface area (Å²) in [6, 6.07) is 7.75. The molecule has 0 fully saturated rings. The molecule has 0 aliphatic heterocycles. The summed E-state index contributed by atoms with van der Waals surface area (Å²) in [6.07, 6.45) is -0.305. The second-order valence-corrected chi connectivity index (χ2v) is 3.72. The molecule has 1 atom stereocenters. The van der Waals surface area contributed by atoms with Gasteiger partial charge in [-0.2, -0.15) is 0 Å². The molecule has 0 aliphatic rings. The topological polar surface area (TPSA) is 84.6 Å². The van der Waals surface area contributed by atoms with Crippen molar-refractivity contribution < 1.29 is 14.6 Å². The van der Waals surface area contributed by atoms with E-state index in [1.165, 1.54) is 0 Å².